The van der Waals surface area contributed by atoms with Gasteiger partial charge >= 0.3 is 6.61 Å². The number of alkyl halides is 2. The summed E-state index contributed by atoms with van der Waals surface area (Å²) < 4.78 is 32.9. The lowest BCUT2D eigenvalue weighted by Gasteiger charge is -2.10. The zero-order valence-corrected chi connectivity index (χ0v) is 8.53. The van der Waals surface area contributed by atoms with E-state index in [2.05, 4.69) is 20.0 Å². The van der Waals surface area contributed by atoms with Gasteiger partial charge < -0.3 is 14.8 Å². The van der Waals surface area contributed by atoms with Crippen molar-refractivity contribution in [1.82, 2.24) is 15.3 Å². The van der Waals surface area contributed by atoms with Crippen LogP contribution >= 0.6 is 0 Å². The number of nitrogens with one attached hydrogen (secondary N) is 1. The molecule has 0 unspecified atom stereocenters. The van der Waals surface area contributed by atoms with Gasteiger partial charge in [0.2, 0.25) is 11.8 Å². The molecule has 0 aromatic carbocycles. The number of ether oxygens (including phenoxy) is 2. The Morgan fingerprint density at radius 3 is 2.56 bits per heavy atom. The fraction of sp³-hybridized carbons (Fsp3) is 0.375. The van der Waals surface area contributed by atoms with Gasteiger partial charge in [0.1, 0.15) is 6.33 Å². The lowest BCUT2D eigenvalue weighted by molar-refractivity contribution is -0.0534. The van der Waals surface area contributed by atoms with E-state index < -0.39 is 18.4 Å². The monoisotopic (exact) mass is 233 g/mol. The number of hydrogen-bond acceptors (Lipinski definition) is 5. The number of nitrogens with zero attached hydrogens (tertiary/aromatic N) is 2. The maximum absolute atomic E-state index is 12.0. The lowest BCUT2D eigenvalue weighted by atomic mass is 10.3. The zero-order chi connectivity index (χ0) is 12.1. The number of rotatable bonds is 4. The Bertz CT molecular complexity index is 387. The second kappa shape index (κ2) is 5.19. The molecular formula is C8H9F2N3O3. The number of carbonyl (C=O) groups is 1. The topological polar surface area (TPSA) is 73.3 Å². The number of methoxy groups -OCH3 is 1. The van der Waals surface area contributed by atoms with Crippen LogP contribution in [-0.2, 0) is 0 Å². The van der Waals surface area contributed by atoms with Crippen molar-refractivity contribution in [2.24, 2.45) is 0 Å². The predicted molar refractivity (Wildman–Crippen MR) is 48.6 cm³/mol. The third-order valence-corrected chi connectivity index (χ3v) is 1.63. The summed E-state index contributed by atoms with van der Waals surface area (Å²) >= 11 is 0. The molecule has 0 saturated carbocycles. The second-order valence-electron chi connectivity index (χ2n) is 2.52. The number of aromatic nitrogens is 2. The molecule has 0 spiro atoms. The van der Waals surface area contributed by atoms with Crippen LogP contribution in [0.4, 0.5) is 8.78 Å². The molecule has 88 valence electrons. The van der Waals surface area contributed by atoms with E-state index >= 15 is 0 Å². The Kier molecular flexibility index (Phi) is 3.92. The summed E-state index contributed by atoms with van der Waals surface area (Å²) in [5, 5.41) is 2.25. The molecule has 0 bridgehead atoms. The molecular weight excluding hydrogens is 224 g/mol. The summed E-state index contributed by atoms with van der Waals surface area (Å²) in [6.07, 6.45) is 0.961. The van der Waals surface area contributed by atoms with Crippen molar-refractivity contribution in [2.75, 3.05) is 14.2 Å². The SMILES string of the molecule is CNC(=O)c1c(OC)ncnc1OC(F)F. The normalized spacial score (nSPS) is 10.1. The summed E-state index contributed by atoms with van der Waals surface area (Å²) in [6.45, 7) is -3.08. The van der Waals surface area contributed by atoms with Crippen molar-refractivity contribution in [3.05, 3.63) is 11.9 Å². The second-order valence-corrected chi connectivity index (χ2v) is 2.52. The average Bonchev–Trinajstić information content (AvgIpc) is 2.27. The smallest absolute Gasteiger partial charge is 0.388 e. The van der Waals surface area contributed by atoms with E-state index in [4.69, 9.17) is 4.74 Å². The van der Waals surface area contributed by atoms with Crippen molar-refractivity contribution >= 4 is 5.91 Å². The molecule has 1 N–H and O–H groups in total. The summed E-state index contributed by atoms with van der Waals surface area (Å²) in [4.78, 5) is 18.5. The van der Waals surface area contributed by atoms with Gasteiger partial charge in [0.25, 0.3) is 5.91 Å². The molecule has 16 heavy (non-hydrogen) atoms. The van der Waals surface area contributed by atoms with Gasteiger partial charge in [-0.2, -0.15) is 8.78 Å². The molecule has 1 aromatic rings. The third kappa shape index (κ3) is 2.53. The summed E-state index contributed by atoms with van der Waals surface area (Å²) in [7, 11) is 2.59. The molecule has 8 heteroatoms. The first-order valence-corrected chi connectivity index (χ1v) is 4.16. The van der Waals surface area contributed by atoms with Crippen LogP contribution in [0.15, 0.2) is 6.33 Å². The van der Waals surface area contributed by atoms with Crippen LogP contribution in [0.5, 0.6) is 11.8 Å². The van der Waals surface area contributed by atoms with Crippen molar-refractivity contribution < 1.29 is 23.0 Å². The fourth-order valence-electron chi connectivity index (χ4n) is 1.00. The van der Waals surface area contributed by atoms with Gasteiger partial charge in [-0.05, 0) is 0 Å². The predicted octanol–water partition coefficient (Wildman–Crippen LogP) is 0.446. The van der Waals surface area contributed by atoms with Crippen LogP contribution in [0, 0.1) is 0 Å². The standard InChI is InChI=1S/C8H9F2N3O3/c1-11-5(14)4-6(15-2)12-3-13-7(4)16-8(9)10/h3,8H,1-2H3,(H,11,14). The van der Waals surface area contributed by atoms with Gasteiger partial charge in [0, 0.05) is 7.05 Å². The molecule has 0 saturated heterocycles. The van der Waals surface area contributed by atoms with Crippen molar-refractivity contribution in [3.8, 4) is 11.8 Å². The van der Waals surface area contributed by atoms with Crippen LogP contribution < -0.4 is 14.8 Å². The molecule has 1 heterocycles. The van der Waals surface area contributed by atoms with Gasteiger partial charge in [-0.15, -0.1) is 0 Å². The Morgan fingerprint density at radius 1 is 1.44 bits per heavy atom. The van der Waals surface area contributed by atoms with Gasteiger partial charge in [0.15, 0.2) is 5.56 Å². The highest BCUT2D eigenvalue weighted by atomic mass is 19.3. The fourth-order valence-corrected chi connectivity index (χ4v) is 1.00. The van der Waals surface area contributed by atoms with Crippen LogP contribution in [0.1, 0.15) is 10.4 Å². The molecule has 0 atom stereocenters. The van der Waals surface area contributed by atoms with E-state index in [1.165, 1.54) is 14.2 Å². The Labute approximate surface area is 89.6 Å². The van der Waals surface area contributed by atoms with Gasteiger partial charge in [-0.25, -0.2) is 9.97 Å². The zero-order valence-electron chi connectivity index (χ0n) is 8.53. The Balaban J connectivity index is 3.20. The molecule has 0 aliphatic rings. The minimum Gasteiger partial charge on any atom is -0.480 e. The van der Waals surface area contributed by atoms with E-state index in [9.17, 15) is 13.6 Å². The van der Waals surface area contributed by atoms with E-state index in [1.54, 1.807) is 0 Å². The first-order chi connectivity index (χ1) is 7.60. The molecule has 1 aromatic heterocycles. The van der Waals surface area contributed by atoms with E-state index in [-0.39, 0.29) is 11.4 Å². The number of halogens is 2. The number of hydrogen-bond donors (Lipinski definition) is 1. The molecule has 0 aliphatic carbocycles. The summed E-state index contributed by atoms with van der Waals surface area (Å²) in [5.74, 6) is -1.33. The van der Waals surface area contributed by atoms with Crippen molar-refractivity contribution in [3.63, 3.8) is 0 Å². The largest absolute Gasteiger partial charge is 0.480 e. The minimum absolute atomic E-state index is 0.134. The summed E-state index contributed by atoms with van der Waals surface area (Å²) in [6, 6.07) is 0. The van der Waals surface area contributed by atoms with Crippen LogP contribution in [0.2, 0.25) is 0 Å². The first kappa shape index (κ1) is 12.1. The molecule has 1 amide bonds. The lowest BCUT2D eigenvalue weighted by Crippen LogP contribution is -2.21. The van der Waals surface area contributed by atoms with E-state index in [0.717, 1.165) is 6.33 Å². The highest BCUT2D eigenvalue weighted by Crippen LogP contribution is 2.24. The molecule has 6 nitrogen and oxygen atoms in total. The highest BCUT2D eigenvalue weighted by molar-refractivity contribution is 5.98. The maximum atomic E-state index is 12.0. The van der Waals surface area contributed by atoms with Gasteiger partial charge in [-0.3, -0.25) is 4.79 Å². The Hall–Kier alpha value is -1.99. The molecule has 0 radical (unpaired) electrons. The van der Waals surface area contributed by atoms with E-state index in [1.807, 2.05) is 0 Å². The van der Waals surface area contributed by atoms with Gasteiger partial charge in [0.05, 0.1) is 7.11 Å². The van der Waals surface area contributed by atoms with Crippen LogP contribution in [0.25, 0.3) is 0 Å². The van der Waals surface area contributed by atoms with Gasteiger partial charge in [-0.1, -0.05) is 0 Å². The van der Waals surface area contributed by atoms with Crippen LogP contribution in [-0.4, -0.2) is 36.6 Å². The maximum Gasteiger partial charge on any atom is 0.388 e. The Morgan fingerprint density at radius 2 is 2.06 bits per heavy atom. The van der Waals surface area contributed by atoms with Crippen LogP contribution in [0.3, 0.4) is 0 Å². The van der Waals surface area contributed by atoms with Crippen molar-refractivity contribution in [2.45, 2.75) is 6.61 Å². The molecule has 0 aliphatic heterocycles. The first-order valence-electron chi connectivity index (χ1n) is 4.16. The number of carbonyl (C=O) groups excluding carboxylic acids is 1. The molecule has 0 fully saturated rings. The highest BCUT2D eigenvalue weighted by Gasteiger charge is 2.22. The van der Waals surface area contributed by atoms with E-state index in [0.29, 0.717) is 0 Å². The summed E-state index contributed by atoms with van der Waals surface area (Å²) in [5.41, 5.74) is -0.271. The third-order valence-electron chi connectivity index (χ3n) is 1.63. The van der Waals surface area contributed by atoms with Crippen molar-refractivity contribution in [1.29, 1.82) is 0 Å². The quantitative estimate of drug-likeness (QED) is 0.817. The number of amides is 1. The molecule has 1 rings (SSSR count). The minimum atomic E-state index is -3.08. The average molecular weight is 233 g/mol.